The number of benzene rings is 1. The Morgan fingerprint density at radius 1 is 1.37 bits per heavy atom. The molecule has 0 aliphatic heterocycles. The fourth-order valence-electron chi connectivity index (χ4n) is 1.88. The molecule has 1 aromatic heterocycles. The molecular weight excluding hydrogens is 242 g/mol. The van der Waals surface area contributed by atoms with Crippen molar-refractivity contribution in [3.63, 3.8) is 0 Å². The van der Waals surface area contributed by atoms with Gasteiger partial charge in [-0.25, -0.2) is 0 Å². The summed E-state index contributed by atoms with van der Waals surface area (Å²) in [5.74, 6) is 1.33. The fraction of sp³-hybridized carbons (Fsp3) is 0.429. The zero-order valence-corrected chi connectivity index (χ0v) is 10.9. The lowest BCUT2D eigenvalue weighted by Crippen LogP contribution is -2.19. The Kier molecular flexibility index (Phi) is 3.21. The van der Waals surface area contributed by atoms with Gasteiger partial charge in [0.1, 0.15) is 5.75 Å². The minimum absolute atomic E-state index is 0.243. The van der Waals surface area contributed by atoms with Crippen LogP contribution in [-0.2, 0) is 6.42 Å². The first-order valence-electron chi connectivity index (χ1n) is 6.58. The maximum Gasteiger partial charge on any atom is 0.247 e. The van der Waals surface area contributed by atoms with Crippen molar-refractivity contribution in [3.8, 4) is 17.2 Å². The second kappa shape index (κ2) is 5.01. The van der Waals surface area contributed by atoms with Gasteiger partial charge in [0.05, 0.1) is 0 Å². The molecule has 19 heavy (non-hydrogen) atoms. The van der Waals surface area contributed by atoms with Gasteiger partial charge in [-0.2, -0.15) is 0 Å². The van der Waals surface area contributed by atoms with Gasteiger partial charge in [-0.1, -0.05) is 6.07 Å². The van der Waals surface area contributed by atoms with Crippen LogP contribution in [0.1, 0.15) is 24.3 Å². The molecule has 2 N–H and O–H groups in total. The predicted octanol–water partition coefficient (Wildman–Crippen LogP) is 2.05. The van der Waals surface area contributed by atoms with E-state index in [0.29, 0.717) is 17.8 Å². The van der Waals surface area contributed by atoms with Crippen molar-refractivity contribution in [1.29, 1.82) is 0 Å². The van der Waals surface area contributed by atoms with Crippen molar-refractivity contribution in [3.05, 3.63) is 29.7 Å². The zero-order valence-electron chi connectivity index (χ0n) is 10.9. The van der Waals surface area contributed by atoms with Gasteiger partial charge in [0, 0.05) is 24.6 Å². The molecule has 0 saturated heterocycles. The first kappa shape index (κ1) is 12.2. The Labute approximate surface area is 111 Å². The summed E-state index contributed by atoms with van der Waals surface area (Å²) in [4.78, 5) is 0. The second-order valence-electron chi connectivity index (χ2n) is 4.98. The summed E-state index contributed by atoms with van der Waals surface area (Å²) in [6, 6.07) is 6.05. The number of aromatic nitrogens is 2. The molecule has 3 rings (SSSR count). The van der Waals surface area contributed by atoms with Crippen molar-refractivity contribution in [2.75, 3.05) is 6.54 Å². The number of aromatic hydroxyl groups is 1. The Hall–Kier alpha value is -1.88. The van der Waals surface area contributed by atoms with Crippen LogP contribution in [0.25, 0.3) is 11.5 Å². The lowest BCUT2D eigenvalue weighted by atomic mass is 10.1. The van der Waals surface area contributed by atoms with E-state index in [-0.39, 0.29) is 5.75 Å². The van der Waals surface area contributed by atoms with Crippen molar-refractivity contribution in [1.82, 2.24) is 15.5 Å². The van der Waals surface area contributed by atoms with E-state index in [2.05, 4.69) is 15.5 Å². The Morgan fingerprint density at radius 2 is 2.21 bits per heavy atom. The quantitative estimate of drug-likeness (QED) is 0.859. The van der Waals surface area contributed by atoms with Crippen LogP contribution in [0.2, 0.25) is 0 Å². The SMILES string of the molecule is Cc1ccc(-c2nnc(CCNC3CC3)o2)cc1O. The van der Waals surface area contributed by atoms with Crippen LogP contribution in [0.15, 0.2) is 22.6 Å². The van der Waals surface area contributed by atoms with E-state index < -0.39 is 0 Å². The summed E-state index contributed by atoms with van der Waals surface area (Å²) in [5.41, 5.74) is 1.58. The molecule has 0 atom stereocenters. The maximum atomic E-state index is 9.68. The fourth-order valence-corrected chi connectivity index (χ4v) is 1.88. The highest BCUT2D eigenvalue weighted by atomic mass is 16.4. The molecule has 1 heterocycles. The molecule has 2 aromatic rings. The number of phenolic OH excluding ortho intramolecular Hbond substituents is 1. The van der Waals surface area contributed by atoms with E-state index >= 15 is 0 Å². The zero-order chi connectivity index (χ0) is 13.2. The summed E-state index contributed by atoms with van der Waals surface area (Å²) in [6.45, 7) is 2.72. The molecule has 1 aliphatic rings. The summed E-state index contributed by atoms with van der Waals surface area (Å²) >= 11 is 0. The highest BCUT2D eigenvalue weighted by Gasteiger charge is 2.20. The molecule has 0 radical (unpaired) electrons. The van der Waals surface area contributed by atoms with Gasteiger partial charge < -0.3 is 14.8 Å². The van der Waals surface area contributed by atoms with Gasteiger partial charge >= 0.3 is 0 Å². The third-order valence-corrected chi connectivity index (χ3v) is 3.27. The highest BCUT2D eigenvalue weighted by Crippen LogP contribution is 2.25. The molecule has 0 unspecified atom stereocenters. The molecule has 5 nitrogen and oxygen atoms in total. The van der Waals surface area contributed by atoms with Gasteiger partial charge in [-0.15, -0.1) is 10.2 Å². The Bertz CT molecular complexity index is 576. The van der Waals surface area contributed by atoms with Crippen molar-refractivity contribution in [2.45, 2.75) is 32.2 Å². The molecule has 1 fully saturated rings. The average Bonchev–Trinajstić information content (AvgIpc) is 3.10. The molecule has 5 heteroatoms. The molecular formula is C14H17N3O2. The first-order chi connectivity index (χ1) is 9.22. The van der Waals surface area contributed by atoms with Crippen molar-refractivity contribution >= 4 is 0 Å². The highest BCUT2D eigenvalue weighted by molar-refractivity contribution is 5.57. The van der Waals surface area contributed by atoms with Gasteiger partial charge in [0.2, 0.25) is 11.8 Å². The van der Waals surface area contributed by atoms with Gasteiger partial charge in [0.15, 0.2) is 0 Å². The largest absolute Gasteiger partial charge is 0.508 e. The standard InChI is InChI=1S/C14H17N3O2/c1-9-2-3-10(8-12(9)18)14-17-16-13(19-14)6-7-15-11-4-5-11/h2-3,8,11,15,18H,4-7H2,1H3. The summed E-state index contributed by atoms with van der Waals surface area (Å²) < 4.78 is 5.59. The van der Waals surface area contributed by atoms with Crippen LogP contribution < -0.4 is 5.32 Å². The minimum atomic E-state index is 0.243. The van der Waals surface area contributed by atoms with Crippen LogP contribution >= 0.6 is 0 Å². The predicted molar refractivity (Wildman–Crippen MR) is 70.9 cm³/mol. The van der Waals surface area contributed by atoms with E-state index in [1.54, 1.807) is 6.07 Å². The molecule has 0 amide bonds. The number of aryl methyl sites for hydroxylation is 1. The number of nitrogens with one attached hydrogen (secondary N) is 1. The van der Waals surface area contributed by atoms with Crippen LogP contribution in [0.5, 0.6) is 5.75 Å². The number of phenols is 1. The van der Waals surface area contributed by atoms with E-state index in [9.17, 15) is 5.11 Å². The number of hydrogen-bond acceptors (Lipinski definition) is 5. The topological polar surface area (TPSA) is 71.2 Å². The van der Waals surface area contributed by atoms with Gasteiger partial charge in [-0.3, -0.25) is 0 Å². The molecule has 1 saturated carbocycles. The van der Waals surface area contributed by atoms with Gasteiger partial charge in [-0.05, 0) is 37.5 Å². The van der Waals surface area contributed by atoms with E-state index in [1.807, 2.05) is 19.1 Å². The summed E-state index contributed by atoms with van der Waals surface area (Å²) in [6.07, 6.45) is 3.29. The molecule has 0 spiro atoms. The maximum absolute atomic E-state index is 9.68. The smallest absolute Gasteiger partial charge is 0.247 e. The lowest BCUT2D eigenvalue weighted by Gasteiger charge is -2.00. The Morgan fingerprint density at radius 3 is 2.95 bits per heavy atom. The first-order valence-corrected chi connectivity index (χ1v) is 6.58. The number of nitrogens with zero attached hydrogens (tertiary/aromatic N) is 2. The van der Waals surface area contributed by atoms with Crippen LogP contribution in [0, 0.1) is 6.92 Å². The van der Waals surface area contributed by atoms with E-state index in [0.717, 1.165) is 24.1 Å². The molecule has 0 bridgehead atoms. The second-order valence-corrected chi connectivity index (χ2v) is 4.98. The van der Waals surface area contributed by atoms with Crippen molar-refractivity contribution < 1.29 is 9.52 Å². The number of hydrogen-bond donors (Lipinski definition) is 2. The third kappa shape index (κ3) is 2.93. The molecule has 1 aliphatic carbocycles. The lowest BCUT2D eigenvalue weighted by molar-refractivity contribution is 0.469. The average molecular weight is 259 g/mol. The monoisotopic (exact) mass is 259 g/mol. The number of rotatable bonds is 5. The van der Waals surface area contributed by atoms with Crippen LogP contribution in [0.3, 0.4) is 0 Å². The molecule has 1 aromatic carbocycles. The van der Waals surface area contributed by atoms with Crippen molar-refractivity contribution in [2.24, 2.45) is 0 Å². The van der Waals surface area contributed by atoms with E-state index in [4.69, 9.17) is 4.42 Å². The minimum Gasteiger partial charge on any atom is -0.508 e. The Balaban J connectivity index is 1.67. The van der Waals surface area contributed by atoms with Gasteiger partial charge in [0.25, 0.3) is 0 Å². The van der Waals surface area contributed by atoms with E-state index in [1.165, 1.54) is 12.8 Å². The van der Waals surface area contributed by atoms with Crippen LogP contribution in [-0.4, -0.2) is 27.9 Å². The normalized spacial score (nSPS) is 14.8. The third-order valence-electron chi connectivity index (χ3n) is 3.27. The molecule has 100 valence electrons. The summed E-state index contributed by atoms with van der Waals surface area (Å²) in [7, 11) is 0. The van der Waals surface area contributed by atoms with Crippen LogP contribution in [0.4, 0.5) is 0 Å². The summed E-state index contributed by atoms with van der Waals surface area (Å²) in [5, 5.41) is 21.1.